The van der Waals surface area contributed by atoms with Crippen molar-refractivity contribution in [3.05, 3.63) is 0 Å². The fraction of sp³-hybridized carbons (Fsp3) is 0.750. The number of hydrogen-bond donors (Lipinski definition) is 1. The van der Waals surface area contributed by atoms with E-state index in [1.165, 1.54) is 4.90 Å². The van der Waals surface area contributed by atoms with Gasteiger partial charge in [-0.15, -0.1) is 0 Å². The van der Waals surface area contributed by atoms with Crippen molar-refractivity contribution in [2.24, 2.45) is 11.8 Å². The molecule has 0 aromatic heterocycles. The summed E-state index contributed by atoms with van der Waals surface area (Å²) in [5, 5.41) is 2.22. The summed E-state index contributed by atoms with van der Waals surface area (Å²) in [5.74, 6) is -0.0453. The molecular weight excluding hydrogens is 220 g/mol. The maximum atomic E-state index is 11.8. The number of urea groups is 1. The number of carbonyl (C=O) groups excluding carboxylic acids is 3. The van der Waals surface area contributed by atoms with Crippen molar-refractivity contribution in [3.8, 4) is 0 Å². The van der Waals surface area contributed by atoms with Gasteiger partial charge in [0, 0.05) is 6.04 Å². The van der Waals surface area contributed by atoms with Gasteiger partial charge in [-0.05, 0) is 18.3 Å². The summed E-state index contributed by atoms with van der Waals surface area (Å²) in [6.45, 7) is 4.22. The normalized spacial score (nSPS) is 34.8. The zero-order valence-electron chi connectivity index (χ0n) is 10.2. The lowest BCUT2D eigenvalue weighted by Crippen LogP contribution is -2.59. The third-order valence-electron chi connectivity index (χ3n) is 4.04. The molecule has 2 fully saturated rings. The van der Waals surface area contributed by atoms with Crippen LogP contribution in [-0.4, -0.2) is 28.8 Å². The molecular formula is C12H18N2O3. The van der Waals surface area contributed by atoms with Gasteiger partial charge < -0.3 is 0 Å². The fourth-order valence-electron chi connectivity index (χ4n) is 2.81. The molecule has 1 aliphatic carbocycles. The summed E-state index contributed by atoms with van der Waals surface area (Å²) in [6.07, 6.45) is 2.81. The van der Waals surface area contributed by atoms with E-state index in [0.29, 0.717) is 11.8 Å². The third kappa shape index (κ3) is 2.18. The molecule has 1 saturated heterocycles. The van der Waals surface area contributed by atoms with E-state index < -0.39 is 11.9 Å². The van der Waals surface area contributed by atoms with Crippen molar-refractivity contribution < 1.29 is 14.4 Å². The van der Waals surface area contributed by atoms with Gasteiger partial charge in [-0.3, -0.25) is 19.8 Å². The third-order valence-corrected chi connectivity index (χ3v) is 4.04. The van der Waals surface area contributed by atoms with Crippen LogP contribution in [0.4, 0.5) is 4.79 Å². The van der Waals surface area contributed by atoms with E-state index >= 15 is 0 Å². The zero-order chi connectivity index (χ0) is 12.6. The largest absolute Gasteiger partial charge is 0.331 e. The van der Waals surface area contributed by atoms with Crippen LogP contribution in [0.25, 0.3) is 0 Å². The van der Waals surface area contributed by atoms with Crippen molar-refractivity contribution in [3.63, 3.8) is 0 Å². The number of amides is 4. The van der Waals surface area contributed by atoms with Crippen LogP contribution in [-0.2, 0) is 9.59 Å². The van der Waals surface area contributed by atoms with E-state index in [2.05, 4.69) is 19.2 Å². The quantitative estimate of drug-likeness (QED) is 0.700. The molecule has 3 unspecified atom stereocenters. The first-order valence-corrected chi connectivity index (χ1v) is 6.16. The molecule has 0 aromatic carbocycles. The predicted molar refractivity (Wildman–Crippen MR) is 61.0 cm³/mol. The molecule has 2 rings (SSSR count). The highest BCUT2D eigenvalue weighted by Crippen LogP contribution is 2.33. The van der Waals surface area contributed by atoms with Gasteiger partial charge in [-0.2, -0.15) is 0 Å². The van der Waals surface area contributed by atoms with Gasteiger partial charge in [0.25, 0.3) is 0 Å². The summed E-state index contributed by atoms with van der Waals surface area (Å²) in [5.41, 5.74) is 0. The standard InChI is InChI=1S/C12H18N2O3/c1-7-4-3-5-9(8(7)2)14-11(16)6-10(15)13-12(14)17/h7-9H,3-6H2,1-2H3,(H,13,15,17). The Hall–Kier alpha value is -1.39. The molecule has 0 radical (unpaired) electrons. The Morgan fingerprint density at radius 1 is 1.18 bits per heavy atom. The lowest BCUT2D eigenvalue weighted by atomic mass is 9.77. The maximum Gasteiger partial charge on any atom is 0.331 e. The van der Waals surface area contributed by atoms with Crippen molar-refractivity contribution in [2.75, 3.05) is 0 Å². The Balaban J connectivity index is 2.17. The summed E-state index contributed by atoms with van der Waals surface area (Å²) < 4.78 is 0. The van der Waals surface area contributed by atoms with Gasteiger partial charge in [0.1, 0.15) is 6.42 Å². The van der Waals surface area contributed by atoms with Crippen molar-refractivity contribution in [1.82, 2.24) is 10.2 Å². The average molecular weight is 238 g/mol. The van der Waals surface area contributed by atoms with Crippen molar-refractivity contribution in [2.45, 2.75) is 45.6 Å². The Kier molecular flexibility index (Phi) is 3.17. The average Bonchev–Trinajstić information content (AvgIpc) is 2.23. The minimum Gasteiger partial charge on any atom is -0.277 e. The zero-order valence-corrected chi connectivity index (χ0v) is 10.2. The number of nitrogens with zero attached hydrogens (tertiary/aromatic N) is 1. The minimum atomic E-state index is -0.544. The first-order chi connectivity index (χ1) is 8.00. The second-order valence-corrected chi connectivity index (χ2v) is 5.13. The Bertz CT molecular complexity index is 347. The van der Waals surface area contributed by atoms with Gasteiger partial charge >= 0.3 is 6.03 Å². The van der Waals surface area contributed by atoms with Gasteiger partial charge in [0.15, 0.2) is 0 Å². The number of rotatable bonds is 1. The molecule has 3 atom stereocenters. The molecule has 0 aromatic rings. The van der Waals surface area contributed by atoms with E-state index in [-0.39, 0.29) is 18.4 Å². The molecule has 4 amide bonds. The molecule has 1 N–H and O–H groups in total. The van der Waals surface area contributed by atoms with E-state index in [9.17, 15) is 14.4 Å². The predicted octanol–water partition coefficient (Wildman–Crippen LogP) is 1.28. The second-order valence-electron chi connectivity index (χ2n) is 5.13. The minimum absolute atomic E-state index is 0.0562. The number of barbiturate groups is 1. The van der Waals surface area contributed by atoms with Crippen molar-refractivity contribution in [1.29, 1.82) is 0 Å². The van der Waals surface area contributed by atoms with E-state index in [4.69, 9.17) is 0 Å². The first-order valence-electron chi connectivity index (χ1n) is 6.16. The lowest BCUT2D eigenvalue weighted by molar-refractivity contribution is -0.139. The number of hydrogen-bond acceptors (Lipinski definition) is 3. The molecule has 1 aliphatic heterocycles. The molecule has 0 spiro atoms. The fourth-order valence-corrected chi connectivity index (χ4v) is 2.81. The molecule has 5 heteroatoms. The Morgan fingerprint density at radius 3 is 2.53 bits per heavy atom. The van der Waals surface area contributed by atoms with Crippen LogP contribution < -0.4 is 5.32 Å². The van der Waals surface area contributed by atoms with E-state index in [1.807, 2.05) is 0 Å². The lowest BCUT2D eigenvalue weighted by Gasteiger charge is -2.41. The molecule has 1 saturated carbocycles. The first kappa shape index (κ1) is 12.1. The molecule has 17 heavy (non-hydrogen) atoms. The van der Waals surface area contributed by atoms with Gasteiger partial charge in [-0.25, -0.2) is 4.79 Å². The van der Waals surface area contributed by atoms with Crippen molar-refractivity contribution >= 4 is 17.8 Å². The highest BCUT2D eigenvalue weighted by molar-refractivity contribution is 6.14. The maximum absolute atomic E-state index is 11.8. The van der Waals surface area contributed by atoms with Crippen LogP contribution in [0, 0.1) is 11.8 Å². The summed E-state index contributed by atoms with van der Waals surface area (Å²) in [6, 6.07) is -0.600. The van der Waals surface area contributed by atoms with Crippen LogP contribution in [0.2, 0.25) is 0 Å². The van der Waals surface area contributed by atoms with Crippen LogP contribution in [0.1, 0.15) is 39.5 Å². The molecule has 2 aliphatic rings. The molecule has 0 bridgehead atoms. The van der Waals surface area contributed by atoms with Crippen LogP contribution in [0.3, 0.4) is 0 Å². The molecule has 94 valence electrons. The summed E-state index contributed by atoms with van der Waals surface area (Å²) in [7, 11) is 0. The summed E-state index contributed by atoms with van der Waals surface area (Å²) >= 11 is 0. The number of carbonyl (C=O) groups is 3. The summed E-state index contributed by atoms with van der Waals surface area (Å²) in [4.78, 5) is 35.9. The second kappa shape index (κ2) is 4.47. The van der Waals surface area contributed by atoms with E-state index in [0.717, 1.165) is 19.3 Å². The molecule has 5 nitrogen and oxygen atoms in total. The highest BCUT2D eigenvalue weighted by atomic mass is 16.2. The van der Waals surface area contributed by atoms with Crippen LogP contribution in [0.15, 0.2) is 0 Å². The van der Waals surface area contributed by atoms with Gasteiger partial charge in [0.2, 0.25) is 11.8 Å². The Labute approximate surface area is 101 Å². The SMILES string of the molecule is CC1CCCC(N2C(=O)CC(=O)NC2=O)C1C. The monoisotopic (exact) mass is 238 g/mol. The topological polar surface area (TPSA) is 66.5 Å². The van der Waals surface area contributed by atoms with Crippen LogP contribution >= 0.6 is 0 Å². The highest BCUT2D eigenvalue weighted by Gasteiger charge is 2.40. The number of imide groups is 2. The van der Waals surface area contributed by atoms with Gasteiger partial charge in [0.05, 0.1) is 0 Å². The Morgan fingerprint density at radius 2 is 1.88 bits per heavy atom. The van der Waals surface area contributed by atoms with E-state index in [1.54, 1.807) is 0 Å². The smallest absolute Gasteiger partial charge is 0.277 e. The number of nitrogens with one attached hydrogen (secondary N) is 1. The van der Waals surface area contributed by atoms with Crippen LogP contribution in [0.5, 0.6) is 0 Å². The van der Waals surface area contributed by atoms with Gasteiger partial charge in [-0.1, -0.05) is 26.7 Å². The molecule has 1 heterocycles.